The van der Waals surface area contributed by atoms with Crippen LogP contribution in [0, 0.1) is 12.7 Å². The lowest BCUT2D eigenvalue weighted by Crippen LogP contribution is -2.29. The second kappa shape index (κ2) is 7.16. The van der Waals surface area contributed by atoms with Gasteiger partial charge in [-0.2, -0.15) is 0 Å². The number of aromatic nitrogens is 2. The van der Waals surface area contributed by atoms with E-state index in [0.29, 0.717) is 27.9 Å². The van der Waals surface area contributed by atoms with Gasteiger partial charge in [-0.05, 0) is 43.5 Å². The summed E-state index contributed by atoms with van der Waals surface area (Å²) in [6.45, 7) is 3.73. The van der Waals surface area contributed by atoms with E-state index in [1.54, 1.807) is 54.5 Å². The van der Waals surface area contributed by atoms with Crippen molar-refractivity contribution in [2.24, 2.45) is 0 Å². The summed E-state index contributed by atoms with van der Waals surface area (Å²) in [5, 5.41) is 6.48. The molecule has 0 saturated heterocycles. The number of aryl methyl sites for hydroxylation is 1. The molecule has 0 aliphatic rings. The molecular weight excluding hydrogens is 377 g/mol. The fourth-order valence-electron chi connectivity index (χ4n) is 3.16. The number of hydrogen-bond donors (Lipinski definition) is 0. The third kappa shape index (κ3) is 3.07. The van der Waals surface area contributed by atoms with E-state index in [4.69, 9.17) is 4.52 Å². The van der Waals surface area contributed by atoms with Crippen LogP contribution in [0.15, 0.2) is 52.4 Å². The summed E-state index contributed by atoms with van der Waals surface area (Å²) >= 11 is 1.60. The molecule has 7 heteroatoms. The molecule has 5 nitrogen and oxygen atoms in total. The molecule has 0 saturated carbocycles. The van der Waals surface area contributed by atoms with Crippen LogP contribution in [0.5, 0.6) is 0 Å². The summed E-state index contributed by atoms with van der Waals surface area (Å²) in [6, 6.07) is 11.8. The number of carbonyl (C=O) groups is 1. The van der Waals surface area contributed by atoms with Crippen LogP contribution in [0.3, 0.4) is 0 Å². The maximum Gasteiger partial charge on any atom is 0.259 e. The molecule has 0 fully saturated rings. The van der Waals surface area contributed by atoms with Crippen molar-refractivity contribution in [2.45, 2.75) is 19.9 Å². The highest BCUT2D eigenvalue weighted by molar-refractivity contribution is 7.10. The van der Waals surface area contributed by atoms with Gasteiger partial charge in [-0.3, -0.25) is 4.79 Å². The molecule has 1 aromatic carbocycles. The van der Waals surface area contributed by atoms with E-state index in [1.165, 1.54) is 6.07 Å². The minimum atomic E-state index is -0.413. The zero-order chi connectivity index (χ0) is 19.8. The molecule has 1 unspecified atom stereocenters. The summed E-state index contributed by atoms with van der Waals surface area (Å²) in [4.78, 5) is 20.5. The van der Waals surface area contributed by atoms with Crippen molar-refractivity contribution in [3.05, 3.63) is 69.8 Å². The van der Waals surface area contributed by atoms with Gasteiger partial charge in [-0.15, -0.1) is 11.3 Å². The number of pyridine rings is 1. The summed E-state index contributed by atoms with van der Waals surface area (Å²) < 4.78 is 19.6. The second-order valence-corrected chi connectivity index (χ2v) is 7.57. The van der Waals surface area contributed by atoms with Crippen molar-refractivity contribution >= 4 is 28.3 Å². The number of nitrogens with zero attached hydrogens (tertiary/aromatic N) is 3. The van der Waals surface area contributed by atoms with Crippen LogP contribution >= 0.6 is 11.3 Å². The Morgan fingerprint density at radius 3 is 2.75 bits per heavy atom. The van der Waals surface area contributed by atoms with Crippen molar-refractivity contribution in [3.8, 4) is 11.3 Å². The van der Waals surface area contributed by atoms with Crippen molar-refractivity contribution in [1.29, 1.82) is 0 Å². The van der Waals surface area contributed by atoms with Crippen LogP contribution in [-0.2, 0) is 0 Å². The lowest BCUT2D eigenvalue weighted by molar-refractivity contribution is 0.0747. The number of rotatable bonds is 4. The van der Waals surface area contributed by atoms with Crippen LogP contribution in [-0.4, -0.2) is 28.0 Å². The lowest BCUT2D eigenvalue weighted by Gasteiger charge is -2.24. The Labute approximate surface area is 165 Å². The molecule has 0 aliphatic heterocycles. The van der Waals surface area contributed by atoms with E-state index >= 15 is 0 Å². The standard InChI is InChI=1S/C21H18FN3O2S/c1-12-19-15(21(26)25(3)13(2)18-9-6-10-28-18)11-17(23-20(19)27-24-12)14-7-4-5-8-16(14)22/h4-11,13H,1-3H3. The quantitative estimate of drug-likeness (QED) is 0.475. The normalized spacial score (nSPS) is 12.3. The third-order valence-corrected chi connectivity index (χ3v) is 5.90. The minimum absolute atomic E-state index is 0.104. The first kappa shape index (κ1) is 18.3. The molecular formula is C21H18FN3O2S. The SMILES string of the molecule is Cc1noc2nc(-c3ccccc3F)cc(C(=O)N(C)C(C)c3cccs3)c12. The summed E-state index contributed by atoms with van der Waals surface area (Å²) in [7, 11) is 1.75. The van der Waals surface area contributed by atoms with Gasteiger partial charge in [0.25, 0.3) is 11.6 Å². The number of amides is 1. The van der Waals surface area contributed by atoms with Crippen LogP contribution in [0.1, 0.15) is 33.9 Å². The number of carbonyl (C=O) groups excluding carboxylic acids is 1. The van der Waals surface area contributed by atoms with Crippen LogP contribution < -0.4 is 0 Å². The molecule has 0 bridgehead atoms. The molecule has 28 heavy (non-hydrogen) atoms. The van der Waals surface area contributed by atoms with Gasteiger partial charge in [-0.25, -0.2) is 9.37 Å². The molecule has 1 atom stereocenters. The van der Waals surface area contributed by atoms with Crippen molar-refractivity contribution < 1.29 is 13.7 Å². The maximum absolute atomic E-state index is 14.3. The molecule has 3 heterocycles. The highest BCUT2D eigenvalue weighted by Gasteiger charge is 2.25. The van der Waals surface area contributed by atoms with Gasteiger partial charge in [-0.1, -0.05) is 23.4 Å². The van der Waals surface area contributed by atoms with Gasteiger partial charge in [0.1, 0.15) is 5.82 Å². The average Bonchev–Trinajstić information content (AvgIpc) is 3.36. The van der Waals surface area contributed by atoms with Crippen molar-refractivity contribution in [2.75, 3.05) is 7.05 Å². The number of fused-ring (bicyclic) bond motifs is 1. The molecule has 4 rings (SSSR count). The molecule has 0 spiro atoms. The monoisotopic (exact) mass is 395 g/mol. The van der Waals surface area contributed by atoms with Crippen LogP contribution in [0.2, 0.25) is 0 Å². The summed E-state index contributed by atoms with van der Waals surface area (Å²) in [6.07, 6.45) is 0. The Balaban J connectivity index is 1.84. The van der Waals surface area contributed by atoms with E-state index in [-0.39, 0.29) is 17.7 Å². The van der Waals surface area contributed by atoms with E-state index in [0.717, 1.165) is 4.88 Å². The van der Waals surface area contributed by atoms with Gasteiger partial charge >= 0.3 is 0 Å². The lowest BCUT2D eigenvalue weighted by atomic mass is 10.0. The summed E-state index contributed by atoms with van der Waals surface area (Å²) in [5.74, 6) is -0.610. The molecule has 3 aromatic heterocycles. The molecule has 1 amide bonds. The highest BCUT2D eigenvalue weighted by atomic mass is 32.1. The molecule has 0 radical (unpaired) electrons. The Kier molecular flexibility index (Phi) is 4.68. The van der Waals surface area contributed by atoms with Crippen molar-refractivity contribution in [1.82, 2.24) is 15.0 Å². The Morgan fingerprint density at radius 2 is 2.04 bits per heavy atom. The zero-order valence-electron chi connectivity index (χ0n) is 15.6. The minimum Gasteiger partial charge on any atom is -0.335 e. The zero-order valence-corrected chi connectivity index (χ0v) is 16.5. The topological polar surface area (TPSA) is 59.2 Å². The fraction of sp³-hybridized carbons (Fsp3) is 0.190. The van der Waals surface area contributed by atoms with E-state index in [2.05, 4.69) is 10.1 Å². The van der Waals surface area contributed by atoms with E-state index < -0.39 is 5.82 Å². The Morgan fingerprint density at radius 1 is 1.25 bits per heavy atom. The maximum atomic E-state index is 14.3. The number of thiophene rings is 1. The highest BCUT2D eigenvalue weighted by Crippen LogP contribution is 2.31. The first-order valence-electron chi connectivity index (χ1n) is 8.80. The predicted molar refractivity (Wildman–Crippen MR) is 107 cm³/mol. The Hall–Kier alpha value is -3.06. The van der Waals surface area contributed by atoms with Crippen LogP contribution in [0.25, 0.3) is 22.4 Å². The molecule has 0 aliphatic carbocycles. The first-order chi connectivity index (χ1) is 13.5. The van der Waals surface area contributed by atoms with Gasteiger partial charge in [0, 0.05) is 17.5 Å². The van der Waals surface area contributed by atoms with Gasteiger partial charge in [0.05, 0.1) is 28.4 Å². The number of benzene rings is 1. The third-order valence-electron chi connectivity index (χ3n) is 4.85. The smallest absolute Gasteiger partial charge is 0.259 e. The van der Waals surface area contributed by atoms with Gasteiger partial charge in [0.15, 0.2) is 0 Å². The molecule has 4 aromatic rings. The Bertz CT molecular complexity index is 1150. The number of halogens is 1. The first-order valence-corrected chi connectivity index (χ1v) is 9.68. The van der Waals surface area contributed by atoms with Crippen molar-refractivity contribution in [3.63, 3.8) is 0 Å². The van der Waals surface area contributed by atoms with Gasteiger partial charge in [0.2, 0.25) is 0 Å². The van der Waals surface area contributed by atoms with E-state index in [9.17, 15) is 9.18 Å². The van der Waals surface area contributed by atoms with Gasteiger partial charge < -0.3 is 9.42 Å². The second-order valence-electron chi connectivity index (χ2n) is 6.59. The largest absolute Gasteiger partial charge is 0.335 e. The predicted octanol–water partition coefficient (Wildman–Crippen LogP) is 5.23. The van der Waals surface area contributed by atoms with E-state index in [1.807, 2.05) is 24.4 Å². The number of hydrogen-bond acceptors (Lipinski definition) is 5. The molecule has 142 valence electrons. The van der Waals surface area contributed by atoms with Crippen LogP contribution in [0.4, 0.5) is 4.39 Å². The fourth-order valence-corrected chi connectivity index (χ4v) is 3.98. The summed E-state index contributed by atoms with van der Waals surface area (Å²) in [5.41, 5.74) is 1.83. The molecule has 0 N–H and O–H groups in total. The average molecular weight is 395 g/mol.